The van der Waals surface area contributed by atoms with Crippen LogP contribution >= 0.6 is 0 Å². The fourth-order valence-electron chi connectivity index (χ4n) is 2.01. The number of rotatable bonds is 9. The summed E-state index contributed by atoms with van der Waals surface area (Å²) in [5.41, 5.74) is -0.898. The Morgan fingerprint density at radius 1 is 1.33 bits per heavy atom. The summed E-state index contributed by atoms with van der Waals surface area (Å²) in [7, 11) is 0. The fourth-order valence-corrected chi connectivity index (χ4v) is 2.01. The molecule has 1 saturated heterocycles. The predicted molar refractivity (Wildman–Crippen MR) is 73.4 cm³/mol. The number of nitrogens with zero attached hydrogens (tertiary/aromatic N) is 1. The Balaban J connectivity index is 1.59. The first-order valence-electron chi connectivity index (χ1n) is 6.78. The molecule has 1 atom stereocenters. The highest BCUT2D eigenvalue weighted by Crippen LogP contribution is 2.33. The number of carboxylic acid groups (broad SMARTS) is 1. The van der Waals surface area contributed by atoms with Gasteiger partial charge in [0.05, 0.1) is 18.1 Å². The van der Waals surface area contributed by atoms with E-state index in [2.05, 4.69) is 0 Å². The molecule has 2 rings (SSSR count). The van der Waals surface area contributed by atoms with Crippen molar-refractivity contribution in [2.24, 2.45) is 0 Å². The van der Waals surface area contributed by atoms with Crippen LogP contribution in [0.5, 0.6) is 5.75 Å². The number of non-ortho nitro benzene ring substituents is 1. The van der Waals surface area contributed by atoms with E-state index in [0.29, 0.717) is 25.4 Å². The van der Waals surface area contributed by atoms with Gasteiger partial charge in [-0.15, -0.1) is 0 Å². The van der Waals surface area contributed by atoms with E-state index in [4.69, 9.17) is 14.6 Å². The van der Waals surface area contributed by atoms with Crippen LogP contribution in [0.25, 0.3) is 0 Å². The lowest BCUT2D eigenvalue weighted by molar-refractivity contribution is -0.384. The summed E-state index contributed by atoms with van der Waals surface area (Å²) in [5, 5.41) is 19.4. The Morgan fingerprint density at radius 3 is 2.52 bits per heavy atom. The van der Waals surface area contributed by atoms with Gasteiger partial charge in [-0.25, -0.2) is 4.79 Å². The molecule has 0 radical (unpaired) electrons. The van der Waals surface area contributed by atoms with Crippen LogP contribution in [-0.2, 0) is 9.53 Å². The summed E-state index contributed by atoms with van der Waals surface area (Å²) in [6.45, 7) is 0.806. The Bertz CT molecular complexity index is 509. The number of benzene rings is 1. The van der Waals surface area contributed by atoms with Gasteiger partial charge in [-0.05, 0) is 37.8 Å². The molecule has 1 aromatic rings. The number of epoxide rings is 1. The van der Waals surface area contributed by atoms with Crippen LogP contribution < -0.4 is 4.74 Å². The zero-order chi connectivity index (χ0) is 15.3. The molecular weight excluding hydrogens is 278 g/mol. The number of ether oxygens (including phenoxy) is 2. The lowest BCUT2D eigenvalue weighted by Crippen LogP contribution is -2.23. The first-order chi connectivity index (χ1) is 10.0. The molecule has 0 spiro atoms. The quantitative estimate of drug-likeness (QED) is 0.325. The average Bonchev–Trinajstić information content (AvgIpc) is 3.24. The molecule has 1 aliphatic heterocycles. The first kappa shape index (κ1) is 15.2. The van der Waals surface area contributed by atoms with Gasteiger partial charge in [0.15, 0.2) is 5.60 Å². The van der Waals surface area contributed by atoms with Crippen LogP contribution in [0.2, 0.25) is 0 Å². The zero-order valence-electron chi connectivity index (χ0n) is 11.5. The lowest BCUT2D eigenvalue weighted by atomic mass is 10.0. The van der Waals surface area contributed by atoms with Crippen molar-refractivity contribution in [1.29, 1.82) is 0 Å². The van der Waals surface area contributed by atoms with Gasteiger partial charge in [0.1, 0.15) is 5.75 Å². The number of carbonyl (C=O) groups is 1. The van der Waals surface area contributed by atoms with Gasteiger partial charge >= 0.3 is 5.97 Å². The van der Waals surface area contributed by atoms with Crippen molar-refractivity contribution in [1.82, 2.24) is 0 Å². The Labute approximate surface area is 121 Å². The van der Waals surface area contributed by atoms with Gasteiger partial charge < -0.3 is 14.6 Å². The summed E-state index contributed by atoms with van der Waals surface area (Å²) >= 11 is 0. The number of nitro benzene ring substituents is 1. The zero-order valence-corrected chi connectivity index (χ0v) is 11.5. The maximum atomic E-state index is 10.9. The van der Waals surface area contributed by atoms with Gasteiger partial charge in [-0.3, -0.25) is 10.1 Å². The number of hydrogen-bond acceptors (Lipinski definition) is 5. The number of nitro groups is 1. The summed E-state index contributed by atoms with van der Waals surface area (Å²) < 4.78 is 10.4. The number of aliphatic carboxylic acids is 1. The summed E-state index contributed by atoms with van der Waals surface area (Å²) in [6.07, 6.45) is 2.95. The monoisotopic (exact) mass is 295 g/mol. The van der Waals surface area contributed by atoms with E-state index in [0.717, 1.165) is 19.3 Å². The molecular formula is C14H17NO6. The SMILES string of the molecule is O=C(O)C1(CCCCCOc2ccc([N+](=O)[O-])cc2)CO1. The normalized spacial score (nSPS) is 20.0. The highest BCUT2D eigenvalue weighted by molar-refractivity contribution is 5.80. The second-order valence-electron chi connectivity index (χ2n) is 5.00. The Morgan fingerprint density at radius 2 is 2.00 bits per heavy atom. The van der Waals surface area contributed by atoms with Crippen LogP contribution in [-0.4, -0.2) is 34.8 Å². The largest absolute Gasteiger partial charge is 0.494 e. The van der Waals surface area contributed by atoms with Gasteiger partial charge in [-0.1, -0.05) is 0 Å². The van der Waals surface area contributed by atoms with Crippen molar-refractivity contribution >= 4 is 11.7 Å². The second-order valence-corrected chi connectivity index (χ2v) is 5.00. The standard InChI is InChI=1S/C14H17NO6/c16-13(17)14(10-21-14)8-2-1-3-9-20-12-6-4-11(5-7-12)15(18)19/h4-7H,1-3,8-10H2,(H,16,17). The summed E-state index contributed by atoms with van der Waals surface area (Å²) in [6, 6.07) is 5.93. The molecule has 0 amide bonds. The molecule has 1 heterocycles. The average molecular weight is 295 g/mol. The van der Waals surface area contributed by atoms with Crippen LogP contribution in [0, 0.1) is 10.1 Å². The minimum absolute atomic E-state index is 0.0331. The van der Waals surface area contributed by atoms with Gasteiger partial charge in [0.25, 0.3) is 5.69 Å². The molecule has 1 aliphatic rings. The van der Waals surface area contributed by atoms with Crippen LogP contribution in [0.15, 0.2) is 24.3 Å². The molecule has 1 fully saturated rings. The molecule has 0 bridgehead atoms. The van der Waals surface area contributed by atoms with Crippen molar-refractivity contribution in [3.05, 3.63) is 34.4 Å². The number of unbranched alkanes of at least 4 members (excludes halogenated alkanes) is 2. The van der Waals surface area contributed by atoms with Crippen molar-refractivity contribution < 1.29 is 24.3 Å². The minimum atomic E-state index is -0.931. The maximum absolute atomic E-state index is 10.9. The van der Waals surface area contributed by atoms with E-state index in [9.17, 15) is 14.9 Å². The maximum Gasteiger partial charge on any atom is 0.338 e. The Hall–Kier alpha value is -2.15. The van der Waals surface area contributed by atoms with Crippen LogP contribution in [0.3, 0.4) is 0 Å². The molecule has 1 unspecified atom stereocenters. The van der Waals surface area contributed by atoms with Crippen molar-refractivity contribution in [3.63, 3.8) is 0 Å². The van der Waals surface area contributed by atoms with Crippen LogP contribution in [0.1, 0.15) is 25.7 Å². The molecule has 114 valence electrons. The third-order valence-electron chi connectivity index (χ3n) is 3.42. The molecule has 0 saturated carbocycles. The molecule has 7 nitrogen and oxygen atoms in total. The third kappa shape index (κ3) is 4.16. The number of hydrogen-bond donors (Lipinski definition) is 1. The van der Waals surface area contributed by atoms with E-state index in [1.54, 1.807) is 12.1 Å². The van der Waals surface area contributed by atoms with E-state index in [-0.39, 0.29) is 5.69 Å². The minimum Gasteiger partial charge on any atom is -0.494 e. The number of carboxylic acids is 1. The van der Waals surface area contributed by atoms with E-state index in [1.165, 1.54) is 12.1 Å². The predicted octanol–water partition coefficient (Wildman–Crippen LogP) is 2.39. The highest BCUT2D eigenvalue weighted by atomic mass is 16.6. The van der Waals surface area contributed by atoms with Crippen molar-refractivity contribution in [2.45, 2.75) is 31.3 Å². The Kier molecular flexibility index (Phi) is 4.74. The van der Waals surface area contributed by atoms with Crippen molar-refractivity contribution in [2.75, 3.05) is 13.2 Å². The molecule has 1 N–H and O–H groups in total. The van der Waals surface area contributed by atoms with Gasteiger partial charge in [0, 0.05) is 12.1 Å². The first-order valence-corrected chi connectivity index (χ1v) is 6.78. The highest BCUT2D eigenvalue weighted by Gasteiger charge is 2.51. The fraction of sp³-hybridized carbons (Fsp3) is 0.500. The molecule has 21 heavy (non-hydrogen) atoms. The van der Waals surface area contributed by atoms with E-state index in [1.807, 2.05) is 0 Å². The van der Waals surface area contributed by atoms with E-state index < -0.39 is 16.5 Å². The molecule has 7 heteroatoms. The topological polar surface area (TPSA) is 102 Å². The lowest BCUT2D eigenvalue weighted by Gasteiger charge is -2.07. The van der Waals surface area contributed by atoms with Gasteiger partial charge in [-0.2, -0.15) is 0 Å². The third-order valence-corrected chi connectivity index (χ3v) is 3.42. The summed E-state index contributed by atoms with van der Waals surface area (Å²) in [4.78, 5) is 20.9. The molecule has 0 aliphatic carbocycles. The molecule has 1 aromatic carbocycles. The van der Waals surface area contributed by atoms with E-state index >= 15 is 0 Å². The smallest absolute Gasteiger partial charge is 0.338 e. The second kappa shape index (κ2) is 6.53. The van der Waals surface area contributed by atoms with Gasteiger partial charge in [0.2, 0.25) is 0 Å². The van der Waals surface area contributed by atoms with Crippen LogP contribution in [0.4, 0.5) is 5.69 Å². The van der Waals surface area contributed by atoms with Crippen molar-refractivity contribution in [3.8, 4) is 5.75 Å². The summed E-state index contributed by atoms with van der Waals surface area (Å²) in [5.74, 6) is -0.294. The molecule has 0 aromatic heterocycles.